The molecule has 0 radical (unpaired) electrons. The highest BCUT2D eigenvalue weighted by Crippen LogP contribution is 2.43. The maximum Gasteiger partial charge on any atom is 0.217 e. The van der Waals surface area contributed by atoms with Crippen LogP contribution in [0.5, 0.6) is 0 Å². The van der Waals surface area contributed by atoms with Crippen LogP contribution in [-0.4, -0.2) is 120 Å². The molecule has 9 aromatic rings. The maximum atomic E-state index is 13.8. The van der Waals surface area contributed by atoms with Crippen LogP contribution in [-0.2, 0) is 95.2 Å². The lowest BCUT2D eigenvalue weighted by atomic mass is 9.78. The molecule has 12 rings (SSSR count). The van der Waals surface area contributed by atoms with Gasteiger partial charge in [-0.15, -0.1) is 34.0 Å². The summed E-state index contributed by atoms with van der Waals surface area (Å²) in [5, 5.41) is 80.2. The van der Waals surface area contributed by atoms with Crippen LogP contribution in [0.1, 0.15) is 131 Å². The number of nitrogens with zero attached hydrogens (tertiary/aromatic N) is 3. The molecule has 0 saturated carbocycles. The van der Waals surface area contributed by atoms with Gasteiger partial charge in [-0.05, 0) is 209 Å². The molecule has 3 aromatic carbocycles. The second-order valence-electron chi connectivity index (χ2n) is 28.3. The Bertz CT molecular complexity index is 4230. The van der Waals surface area contributed by atoms with Crippen LogP contribution in [0.3, 0.4) is 0 Å². The van der Waals surface area contributed by atoms with Gasteiger partial charge >= 0.3 is 0 Å². The number of rotatable bonds is 25. The minimum Gasteiger partial charge on any atom is -0.390 e. The van der Waals surface area contributed by atoms with E-state index < -0.39 is 82.4 Å². The molecule has 0 fully saturated rings. The van der Waals surface area contributed by atoms with Crippen LogP contribution in [0.25, 0.3) is 0 Å². The molecule has 6 aromatic heterocycles. The van der Waals surface area contributed by atoms with Crippen LogP contribution < -0.4 is 31.9 Å². The fraction of sp³-hybridized carbons (Fsp3) is 0.432. The first kappa shape index (κ1) is 77.2. The summed E-state index contributed by atoms with van der Waals surface area (Å²) in [6.07, 6.45) is 11.0. The zero-order chi connectivity index (χ0) is 73.1. The van der Waals surface area contributed by atoms with Gasteiger partial charge in [-0.3, -0.25) is 29.7 Å². The van der Waals surface area contributed by atoms with Gasteiger partial charge in [0.05, 0.1) is 71.6 Å². The molecule has 9 atom stereocenters. The minimum atomic E-state index is -0.980. The molecule has 0 spiro atoms. The first-order valence-corrected chi connectivity index (χ1v) is 37.3. The third kappa shape index (κ3) is 20.7. The molecular weight excluding hydrogens is 1440 g/mol. The molecule has 3 aliphatic carbocycles. The summed E-state index contributed by atoms with van der Waals surface area (Å²) < 4.78 is 83.1. The summed E-state index contributed by atoms with van der Waals surface area (Å²) in [5.41, 5.74) is 8.19. The number of nitrogens with one attached hydrogen (secondary N) is 9. The number of aliphatic hydroxyl groups excluding tert-OH is 3. The van der Waals surface area contributed by atoms with Gasteiger partial charge in [0.2, 0.25) is 17.7 Å². The van der Waals surface area contributed by atoms with Crippen molar-refractivity contribution in [3.8, 4) is 0 Å². The van der Waals surface area contributed by atoms with E-state index in [9.17, 15) is 56.0 Å². The smallest absolute Gasteiger partial charge is 0.217 e. The molecule has 12 N–H and O–H groups in total. The standard InChI is InChI=1S/C28H36F2N4O2S.C23H25BrF2N4O2S.C23H26F2N4O2S/c1-17(35)33-24(9-18-7-21(29)11-22(30)8-18)25(36)15-31-28(6-5-23-20(13-28)14-32-34-23)26-10-19(16-37-26)12-27(2,3)4;1-13(31)29-20(6-14-4-17(25)8-18(26)5-14)21(32)11-27-23(22-7-16(24)12-33-22)3-2-19-15(9-23)10-28-30-19;1-14(30)28-20(9-15-7-17(24)10-18(25)8-15)21(31)13-26-23(22-3-2-6-32-22)5-4-19-16(11-23)12-27-29-19/h7-8,10-11,14,16,24-25,31,36H,5-6,9,12-13,15H2,1-4H3,(H,32,34)(H,33,35);4-5,7-8,10,12,20-21,27,32H,2-3,6,9,11H2,1H3,(H,28,30)(H,29,31);2-3,6-8,10,12,20-21,26,31H,4-5,9,11,13H2,1H3,(H,27,29)(H,28,30)/t24-,25+,28?;2*20-,21+,23?/m000/s1. The molecule has 3 amide bonds. The maximum absolute atomic E-state index is 13.8. The average Bonchev–Trinajstić information content (AvgIpc) is 1.54. The third-order valence-corrected chi connectivity index (χ3v) is 23.0. The lowest BCUT2D eigenvalue weighted by Gasteiger charge is -2.39. The number of hydrogen-bond acceptors (Lipinski definition) is 15. The number of aromatic amines is 3. The molecule has 102 heavy (non-hydrogen) atoms. The van der Waals surface area contributed by atoms with Gasteiger partial charge in [0, 0.05) is 100 Å². The molecule has 6 heterocycles. The predicted octanol–water partition coefficient (Wildman–Crippen LogP) is 10.8. The average molecular weight is 1530 g/mol. The Kier molecular flexibility index (Phi) is 25.8. The normalized spacial score (nSPS) is 19.6. The number of aryl methyl sites for hydroxylation is 3. The van der Waals surface area contributed by atoms with Crippen LogP contribution in [0.15, 0.2) is 118 Å². The predicted molar refractivity (Wildman–Crippen MR) is 386 cm³/mol. The topological polar surface area (TPSA) is 270 Å². The number of benzene rings is 3. The van der Waals surface area contributed by atoms with Gasteiger partial charge in [-0.1, -0.05) is 26.8 Å². The second kappa shape index (κ2) is 34.0. The van der Waals surface area contributed by atoms with Crippen molar-refractivity contribution < 1.29 is 56.0 Å². The molecule has 3 aliphatic rings. The number of fused-ring (bicyclic) bond motifs is 3. The Hall–Kier alpha value is -7.38. The summed E-state index contributed by atoms with van der Waals surface area (Å²) >= 11 is 8.54. The first-order chi connectivity index (χ1) is 48.5. The summed E-state index contributed by atoms with van der Waals surface area (Å²) in [6, 6.07) is 16.0. The fourth-order valence-electron chi connectivity index (χ4n) is 14.1. The van der Waals surface area contributed by atoms with Crippen molar-refractivity contribution in [2.45, 2.75) is 178 Å². The Morgan fingerprint density at radius 1 is 0.500 bits per heavy atom. The summed E-state index contributed by atoms with van der Waals surface area (Å²) in [5.74, 6) is -5.11. The third-order valence-electron chi connectivity index (χ3n) is 18.8. The van der Waals surface area contributed by atoms with E-state index in [1.807, 2.05) is 35.4 Å². The van der Waals surface area contributed by atoms with Crippen LogP contribution in [0.4, 0.5) is 26.3 Å². The first-order valence-electron chi connectivity index (χ1n) is 33.9. The number of carbonyl (C=O) groups excluding carboxylic acids is 3. The van der Waals surface area contributed by atoms with Crippen molar-refractivity contribution in [3.63, 3.8) is 0 Å². The van der Waals surface area contributed by atoms with Crippen molar-refractivity contribution in [1.82, 2.24) is 62.5 Å². The van der Waals surface area contributed by atoms with E-state index in [-0.39, 0.29) is 67.6 Å². The van der Waals surface area contributed by atoms with Crippen molar-refractivity contribution in [3.05, 3.63) is 224 Å². The number of thiophene rings is 3. The Morgan fingerprint density at radius 3 is 1.16 bits per heavy atom. The monoisotopic (exact) mass is 1530 g/mol. The molecular formula is C74H87BrF6N12O6S3. The van der Waals surface area contributed by atoms with Crippen molar-refractivity contribution in [2.75, 3.05) is 19.6 Å². The number of amides is 3. The number of carbonyl (C=O) groups is 3. The molecule has 0 bridgehead atoms. The Labute approximate surface area is 609 Å². The fourth-order valence-corrected chi connectivity index (χ4v) is 17.8. The summed E-state index contributed by atoms with van der Waals surface area (Å²) in [7, 11) is 0. The second-order valence-corrected chi connectivity index (χ2v) is 32.0. The molecule has 28 heteroatoms. The van der Waals surface area contributed by atoms with Crippen molar-refractivity contribution in [1.29, 1.82) is 0 Å². The van der Waals surface area contributed by atoms with E-state index in [0.717, 1.165) is 119 Å². The van der Waals surface area contributed by atoms with Gasteiger partial charge in [0.1, 0.15) is 34.9 Å². The number of hydrogen-bond donors (Lipinski definition) is 12. The Balaban J connectivity index is 0.000000165. The number of halogens is 7. The largest absolute Gasteiger partial charge is 0.390 e. The van der Waals surface area contributed by atoms with E-state index in [0.29, 0.717) is 23.1 Å². The van der Waals surface area contributed by atoms with Crippen LogP contribution in [0, 0.1) is 40.3 Å². The van der Waals surface area contributed by atoms with Crippen molar-refractivity contribution in [2.24, 2.45) is 5.41 Å². The van der Waals surface area contributed by atoms with Crippen LogP contribution >= 0.6 is 49.9 Å². The Morgan fingerprint density at radius 2 is 0.843 bits per heavy atom. The molecule has 546 valence electrons. The highest BCUT2D eigenvalue weighted by atomic mass is 79.9. The van der Waals surface area contributed by atoms with E-state index in [2.05, 4.69) is 123 Å². The quantitative estimate of drug-likeness (QED) is 0.0238. The van der Waals surface area contributed by atoms with Gasteiger partial charge < -0.3 is 47.2 Å². The summed E-state index contributed by atoms with van der Waals surface area (Å²) in [6.45, 7) is 11.3. The lowest BCUT2D eigenvalue weighted by molar-refractivity contribution is -0.121. The van der Waals surface area contributed by atoms with Gasteiger partial charge in [-0.25, -0.2) is 26.3 Å². The van der Waals surface area contributed by atoms with E-state index in [4.69, 9.17) is 0 Å². The van der Waals surface area contributed by atoms with E-state index in [1.165, 1.54) is 72.5 Å². The molecule has 18 nitrogen and oxygen atoms in total. The SMILES string of the molecule is CC(=O)N[C@@H](Cc1cc(F)cc(F)c1)[C@H](O)CNC1(c2cc(Br)cs2)CCc2[nH]ncc2C1.CC(=O)N[C@@H](Cc1cc(F)cc(F)c1)[C@H](O)CNC1(c2cc(CC(C)(C)C)cs2)CCc2[nH]ncc2C1.CC(=O)N[C@@H](Cc1cc(F)cc(F)c1)[C@H](O)CNC1(c2cccs2)CCc2[nH]ncc2C1. The minimum absolute atomic E-state index is 0.0978. The number of aliphatic hydroxyl groups is 3. The van der Waals surface area contributed by atoms with Crippen molar-refractivity contribution >= 4 is 67.7 Å². The zero-order valence-electron chi connectivity index (χ0n) is 57.5. The number of aromatic nitrogens is 6. The van der Waals surface area contributed by atoms with Gasteiger partial charge in [0.25, 0.3) is 0 Å². The van der Waals surface area contributed by atoms with E-state index in [1.54, 1.807) is 34.0 Å². The molecule has 0 saturated heterocycles. The summed E-state index contributed by atoms with van der Waals surface area (Å²) in [4.78, 5) is 38.9. The zero-order valence-corrected chi connectivity index (χ0v) is 61.6. The highest BCUT2D eigenvalue weighted by Gasteiger charge is 2.42. The van der Waals surface area contributed by atoms with Crippen LogP contribution in [0.2, 0.25) is 0 Å². The van der Waals surface area contributed by atoms with Gasteiger partial charge in [-0.2, -0.15) is 15.3 Å². The van der Waals surface area contributed by atoms with E-state index >= 15 is 0 Å². The highest BCUT2D eigenvalue weighted by molar-refractivity contribution is 9.10. The molecule has 0 aliphatic heterocycles. The number of H-pyrrole nitrogens is 3. The molecule has 3 unspecified atom stereocenters. The lowest BCUT2D eigenvalue weighted by Crippen LogP contribution is -2.54. The van der Waals surface area contributed by atoms with Gasteiger partial charge in [0.15, 0.2) is 0 Å².